The molecule has 0 bridgehead atoms. The van der Waals surface area contributed by atoms with E-state index in [1.165, 1.54) is 11.9 Å². The molecule has 26 nitrogen and oxygen atoms in total. The summed E-state index contributed by atoms with van der Waals surface area (Å²) >= 11 is 0. The summed E-state index contributed by atoms with van der Waals surface area (Å²) in [5.41, 5.74) is 14.9. The Balaban J connectivity index is 2.79. The van der Waals surface area contributed by atoms with Crippen molar-refractivity contribution in [3.8, 4) is 0 Å². The second kappa shape index (κ2) is 27.7. The minimum absolute atomic E-state index is 0.144. The molecular weight excluding hydrogens is 784 g/mol. The second-order valence-electron chi connectivity index (χ2n) is 13.7. The van der Waals surface area contributed by atoms with E-state index in [9.17, 15) is 58.5 Å². The smallest absolute Gasteiger partial charge is 0.333 e. The predicted molar refractivity (Wildman–Crippen MR) is 209 cm³/mol. The summed E-state index contributed by atoms with van der Waals surface area (Å²) in [6, 6.07) is -2.57. The number of rotatable bonds is 21. The Morgan fingerprint density at radius 3 is 1.53 bits per heavy atom. The van der Waals surface area contributed by atoms with E-state index in [2.05, 4.69) is 37.1 Å². The first-order valence-corrected chi connectivity index (χ1v) is 18.8. The maximum atomic E-state index is 13.3. The molecule has 0 aromatic carbocycles. The summed E-state index contributed by atoms with van der Waals surface area (Å²) in [6.45, 7) is 2.31. The lowest BCUT2D eigenvalue weighted by atomic mass is 10.1. The van der Waals surface area contributed by atoms with E-state index in [0.717, 1.165) is 0 Å². The van der Waals surface area contributed by atoms with Gasteiger partial charge < -0.3 is 53.0 Å². The maximum absolute atomic E-state index is 13.3. The van der Waals surface area contributed by atoms with Crippen LogP contribution in [0.1, 0.15) is 26.7 Å². The third-order valence-electron chi connectivity index (χ3n) is 8.66. The van der Waals surface area contributed by atoms with Crippen LogP contribution in [0.25, 0.3) is 0 Å². The van der Waals surface area contributed by atoms with Crippen LogP contribution in [0.4, 0.5) is 4.79 Å². The fourth-order valence-electron chi connectivity index (χ4n) is 5.79. The van der Waals surface area contributed by atoms with Gasteiger partial charge in [0.15, 0.2) is 5.96 Å². The van der Waals surface area contributed by atoms with Gasteiger partial charge in [-0.05, 0) is 26.7 Å². The third-order valence-corrected chi connectivity index (χ3v) is 8.66. The summed E-state index contributed by atoms with van der Waals surface area (Å²) in [4.78, 5) is 121. The number of carboxylic acid groups (broad SMARTS) is 3. The number of primary amides is 1. The second-order valence-corrected chi connectivity index (χ2v) is 13.7. The van der Waals surface area contributed by atoms with Crippen LogP contribution in [0.15, 0.2) is 4.99 Å². The van der Waals surface area contributed by atoms with Crippen LogP contribution in [0.2, 0.25) is 0 Å². The fraction of sp³-hybridized carbons (Fsp3) is 0.697. The molecule has 1 aliphatic rings. The van der Waals surface area contributed by atoms with E-state index in [1.807, 2.05) is 0 Å². The molecule has 1 heterocycles. The number of hydrogen-bond donors (Lipinski definition) is 11. The number of nitrogens with one attached hydrogen (secondary N) is 6. The van der Waals surface area contributed by atoms with Crippen LogP contribution in [0, 0.1) is 0 Å². The lowest BCUT2D eigenvalue weighted by Crippen LogP contribution is -2.57. The largest absolute Gasteiger partial charge is 0.480 e. The average Bonchev–Trinajstić information content (AvgIpc) is 3.15. The molecule has 1 fully saturated rings. The topological polar surface area (TPSA) is 367 Å². The molecule has 59 heavy (non-hydrogen) atoms. The molecule has 1 aliphatic heterocycles. The highest BCUT2D eigenvalue weighted by Gasteiger charge is 2.32. The molecule has 0 aromatic heterocycles. The molecule has 26 heteroatoms. The molecule has 13 N–H and O–H groups in total. The predicted octanol–water partition coefficient (Wildman–Crippen LogP) is -6.57. The number of nitrogens with zero attached hydrogens (tertiary/aromatic N) is 6. The summed E-state index contributed by atoms with van der Waals surface area (Å²) in [6.07, 6.45) is 0.509. The van der Waals surface area contributed by atoms with E-state index in [0.29, 0.717) is 13.0 Å². The van der Waals surface area contributed by atoms with Gasteiger partial charge >= 0.3 is 23.9 Å². The minimum atomic E-state index is -1.10. The van der Waals surface area contributed by atoms with Gasteiger partial charge in [-0.25, -0.2) is 10.2 Å². The van der Waals surface area contributed by atoms with Gasteiger partial charge in [0.25, 0.3) is 5.91 Å². The molecule has 0 saturated carbocycles. The zero-order chi connectivity index (χ0) is 44.5. The van der Waals surface area contributed by atoms with Gasteiger partial charge in [-0.2, -0.15) is 0 Å². The minimum Gasteiger partial charge on any atom is -0.480 e. The molecule has 7 amide bonds. The van der Waals surface area contributed by atoms with Crippen molar-refractivity contribution >= 4 is 59.4 Å². The van der Waals surface area contributed by atoms with Gasteiger partial charge in [0.1, 0.15) is 6.04 Å². The van der Waals surface area contributed by atoms with Crippen molar-refractivity contribution in [2.24, 2.45) is 16.5 Å². The number of carbonyl (C=O) groups is 9. The monoisotopic (exact) mass is 844 g/mol. The summed E-state index contributed by atoms with van der Waals surface area (Å²) in [5.74, 6) is -6.63. The zero-order valence-electron chi connectivity index (χ0n) is 33.7. The highest BCUT2D eigenvalue weighted by atomic mass is 16.4. The standard InChI is InChI=1S/C33H60N14O12/c1-22(2)47(23(31(58)39-15-24(34)48)5-4-6-37-32(35)36-3)27(51)17-40-33(59)42-41-25(49)16-38-26(50)18-43-7-9-44(19-28(52)53)11-13-46(21-30(56)57)14-12-45(10-8-43)20-29(54)55/h22-23H,4-21H2,1-3H3,(H2,34,48)(H,38,50)(H,39,58)(H,41,49)(H,52,53)(H,54,55)(H,56,57)(H3,35,36,37)(H2,40,42,59). The lowest BCUT2D eigenvalue weighted by Gasteiger charge is -2.34. The van der Waals surface area contributed by atoms with Crippen molar-refractivity contribution in [1.29, 1.82) is 0 Å². The molecule has 0 spiro atoms. The van der Waals surface area contributed by atoms with Crippen LogP contribution in [-0.2, 0) is 38.4 Å². The molecule has 1 unspecified atom stereocenters. The number of amides is 7. The Morgan fingerprint density at radius 2 is 1.10 bits per heavy atom. The Kier molecular flexibility index (Phi) is 24.0. The lowest BCUT2D eigenvalue weighted by molar-refractivity contribution is -0.142. The number of aliphatic carboxylic acids is 3. The Bertz CT molecular complexity index is 1450. The number of carboxylic acids is 3. The highest BCUT2D eigenvalue weighted by Crippen LogP contribution is 2.13. The highest BCUT2D eigenvalue weighted by molar-refractivity contribution is 5.92. The van der Waals surface area contributed by atoms with Crippen molar-refractivity contribution in [2.45, 2.75) is 38.8 Å². The number of aliphatic imine (C=N–C) groups is 1. The van der Waals surface area contributed by atoms with Gasteiger partial charge in [0.05, 0.1) is 45.8 Å². The van der Waals surface area contributed by atoms with Crippen LogP contribution in [0.5, 0.6) is 0 Å². The number of hydrazine groups is 1. The SMILES string of the molecule is CN=C(N)NCCCC(C(=O)NCC(N)=O)N(C(=O)CNC(=O)NNC(=O)CNC(=O)CN1CCN(CC(=O)O)CCN(CC(=O)O)CCN(CC(=O)O)CC1)C(C)C. The summed E-state index contributed by atoms with van der Waals surface area (Å²) in [5, 5.41) is 38.1. The quantitative estimate of drug-likeness (QED) is 0.0221. The van der Waals surface area contributed by atoms with Crippen molar-refractivity contribution in [1.82, 2.24) is 56.6 Å². The first-order chi connectivity index (χ1) is 27.8. The summed E-state index contributed by atoms with van der Waals surface area (Å²) in [7, 11) is 1.49. The first-order valence-electron chi connectivity index (χ1n) is 18.8. The van der Waals surface area contributed by atoms with Gasteiger partial charge in [-0.15, -0.1) is 0 Å². The molecule has 0 radical (unpaired) electrons. The number of hydrogen-bond acceptors (Lipinski definition) is 14. The molecule has 334 valence electrons. The molecule has 0 aromatic rings. The zero-order valence-corrected chi connectivity index (χ0v) is 33.7. The molecule has 0 aliphatic carbocycles. The Hall–Kier alpha value is -5.86. The van der Waals surface area contributed by atoms with Crippen molar-refractivity contribution in [3.63, 3.8) is 0 Å². The Morgan fingerprint density at radius 1 is 0.627 bits per heavy atom. The Labute approximate surface area is 341 Å². The number of nitrogens with two attached hydrogens (primary N) is 2. The van der Waals surface area contributed by atoms with Crippen LogP contribution in [0.3, 0.4) is 0 Å². The molecule has 1 rings (SSSR count). The van der Waals surface area contributed by atoms with E-state index in [1.54, 1.807) is 33.4 Å². The van der Waals surface area contributed by atoms with E-state index < -0.39 is 85.2 Å². The number of urea groups is 1. The van der Waals surface area contributed by atoms with Crippen molar-refractivity contribution in [2.75, 3.05) is 112 Å². The van der Waals surface area contributed by atoms with Crippen LogP contribution >= 0.6 is 0 Å². The van der Waals surface area contributed by atoms with Crippen LogP contribution in [-0.4, -0.2) is 223 Å². The van der Waals surface area contributed by atoms with E-state index in [4.69, 9.17) is 11.5 Å². The molecular formula is C33H60N14O12. The normalized spacial score (nSPS) is 15.7. The van der Waals surface area contributed by atoms with Gasteiger partial charge in [-0.1, -0.05) is 0 Å². The van der Waals surface area contributed by atoms with E-state index in [-0.39, 0.29) is 90.9 Å². The maximum Gasteiger partial charge on any atom is 0.333 e. The first kappa shape index (κ1) is 51.2. The molecule has 1 atom stereocenters. The van der Waals surface area contributed by atoms with Gasteiger partial charge in [-0.3, -0.25) is 68.4 Å². The number of guanidine groups is 1. The number of carbonyl (C=O) groups excluding carboxylic acids is 6. The van der Waals surface area contributed by atoms with Gasteiger partial charge in [0.2, 0.25) is 23.6 Å². The summed E-state index contributed by atoms with van der Waals surface area (Å²) < 4.78 is 0. The van der Waals surface area contributed by atoms with E-state index >= 15 is 0 Å². The van der Waals surface area contributed by atoms with Crippen LogP contribution < -0.4 is 43.6 Å². The average molecular weight is 845 g/mol. The fourth-order valence-corrected chi connectivity index (χ4v) is 5.79. The van der Waals surface area contributed by atoms with Crippen molar-refractivity contribution < 1.29 is 58.5 Å². The molecule has 1 saturated heterocycles. The van der Waals surface area contributed by atoms with Gasteiger partial charge in [0, 0.05) is 72.0 Å². The van der Waals surface area contributed by atoms with Crippen molar-refractivity contribution in [3.05, 3.63) is 0 Å². The third kappa shape index (κ3) is 23.2.